The molecule has 0 aliphatic heterocycles. The molecule has 0 aliphatic carbocycles. The van der Waals surface area contributed by atoms with Crippen molar-refractivity contribution in [1.82, 2.24) is 0 Å². The molecule has 3 N–H and O–H groups in total. The van der Waals surface area contributed by atoms with Crippen LogP contribution in [0.1, 0.15) is 13.3 Å². The molecule has 0 saturated carbocycles. The SMILES string of the molecule is C=C(C)[C@@H](N)CCO. The summed E-state index contributed by atoms with van der Waals surface area (Å²) in [5.41, 5.74) is 6.40. The molecule has 2 nitrogen and oxygen atoms in total. The van der Waals surface area contributed by atoms with Gasteiger partial charge in [0.2, 0.25) is 0 Å². The Labute approximate surface area is 50.0 Å². The van der Waals surface area contributed by atoms with Gasteiger partial charge in [-0.2, -0.15) is 0 Å². The molecular weight excluding hydrogens is 102 g/mol. The molecule has 2 heteroatoms. The highest BCUT2D eigenvalue weighted by Crippen LogP contribution is 1.96. The Hall–Kier alpha value is -0.340. The van der Waals surface area contributed by atoms with Gasteiger partial charge >= 0.3 is 0 Å². The summed E-state index contributed by atoms with van der Waals surface area (Å²) in [6, 6.07) is -0.0278. The Morgan fingerprint density at radius 1 is 1.88 bits per heavy atom. The topological polar surface area (TPSA) is 46.2 Å². The molecule has 0 radical (unpaired) electrons. The number of nitrogens with two attached hydrogens (primary N) is 1. The molecule has 0 aromatic rings. The standard InChI is InChI=1S/C6H13NO/c1-5(2)6(7)3-4-8/h6,8H,1,3-4,7H2,2H3/t6-/m0/s1. The van der Waals surface area contributed by atoms with Crippen molar-refractivity contribution in [1.29, 1.82) is 0 Å². The third kappa shape index (κ3) is 2.77. The van der Waals surface area contributed by atoms with Gasteiger partial charge in [-0.3, -0.25) is 0 Å². The predicted octanol–water partition coefficient (Wildman–Crippen LogP) is 0.272. The van der Waals surface area contributed by atoms with Crippen LogP contribution >= 0.6 is 0 Å². The Morgan fingerprint density at radius 3 is 2.50 bits per heavy atom. The first kappa shape index (κ1) is 7.66. The summed E-state index contributed by atoms with van der Waals surface area (Å²) < 4.78 is 0. The number of rotatable bonds is 3. The smallest absolute Gasteiger partial charge is 0.0448 e. The number of aliphatic hydroxyl groups excluding tert-OH is 1. The Balaban J connectivity index is 3.32. The van der Waals surface area contributed by atoms with E-state index in [2.05, 4.69) is 6.58 Å². The fourth-order valence-electron chi connectivity index (χ4n) is 0.385. The molecule has 0 rings (SSSR count). The number of hydrogen-bond acceptors (Lipinski definition) is 2. The first-order valence-electron chi connectivity index (χ1n) is 2.70. The van der Waals surface area contributed by atoms with Crippen molar-refractivity contribution in [3.63, 3.8) is 0 Å². The van der Waals surface area contributed by atoms with Crippen LogP contribution in [0, 0.1) is 0 Å². The van der Waals surface area contributed by atoms with Crippen LogP contribution < -0.4 is 5.73 Å². The highest BCUT2D eigenvalue weighted by atomic mass is 16.3. The molecule has 8 heavy (non-hydrogen) atoms. The Bertz CT molecular complexity index is 80.6. The van der Waals surface area contributed by atoms with Crippen molar-refractivity contribution in [3.05, 3.63) is 12.2 Å². The van der Waals surface area contributed by atoms with Crippen molar-refractivity contribution in [3.8, 4) is 0 Å². The summed E-state index contributed by atoms with van der Waals surface area (Å²) in [6.07, 6.45) is 0.620. The zero-order valence-electron chi connectivity index (χ0n) is 5.22. The summed E-state index contributed by atoms with van der Waals surface area (Å²) in [5, 5.41) is 8.36. The molecule has 0 heterocycles. The van der Waals surface area contributed by atoms with Gasteiger partial charge in [0, 0.05) is 12.6 Å². The van der Waals surface area contributed by atoms with Gasteiger partial charge < -0.3 is 10.8 Å². The quantitative estimate of drug-likeness (QED) is 0.519. The van der Waals surface area contributed by atoms with Crippen LogP contribution in [0.15, 0.2) is 12.2 Å². The van der Waals surface area contributed by atoms with Gasteiger partial charge in [0.1, 0.15) is 0 Å². The fraction of sp³-hybridized carbons (Fsp3) is 0.667. The third-order valence-corrected chi connectivity index (χ3v) is 1.07. The van der Waals surface area contributed by atoms with E-state index in [1.165, 1.54) is 0 Å². The van der Waals surface area contributed by atoms with Crippen LogP contribution in [0.3, 0.4) is 0 Å². The van der Waals surface area contributed by atoms with Gasteiger partial charge in [-0.15, -0.1) is 0 Å². The van der Waals surface area contributed by atoms with E-state index in [1.54, 1.807) is 0 Å². The lowest BCUT2D eigenvalue weighted by molar-refractivity contribution is 0.281. The highest BCUT2D eigenvalue weighted by molar-refractivity contribution is 4.98. The highest BCUT2D eigenvalue weighted by Gasteiger charge is 1.98. The third-order valence-electron chi connectivity index (χ3n) is 1.07. The lowest BCUT2D eigenvalue weighted by atomic mass is 10.1. The minimum Gasteiger partial charge on any atom is -0.396 e. The molecule has 0 bridgehead atoms. The van der Waals surface area contributed by atoms with Crippen LogP contribution in [0.2, 0.25) is 0 Å². The van der Waals surface area contributed by atoms with Gasteiger partial charge in [0.15, 0.2) is 0 Å². The van der Waals surface area contributed by atoms with E-state index in [4.69, 9.17) is 10.8 Å². The maximum Gasteiger partial charge on any atom is 0.0448 e. The predicted molar refractivity (Wildman–Crippen MR) is 34.5 cm³/mol. The van der Waals surface area contributed by atoms with Crippen molar-refractivity contribution in [2.24, 2.45) is 5.73 Å². The first-order chi connectivity index (χ1) is 3.68. The van der Waals surface area contributed by atoms with Crippen LogP contribution in [0.25, 0.3) is 0 Å². The van der Waals surface area contributed by atoms with Gasteiger partial charge in [-0.1, -0.05) is 12.2 Å². The molecule has 0 saturated heterocycles. The summed E-state index contributed by atoms with van der Waals surface area (Å²) in [7, 11) is 0. The molecule has 0 fully saturated rings. The van der Waals surface area contributed by atoms with E-state index in [0.29, 0.717) is 6.42 Å². The average Bonchev–Trinajstić information content (AvgIpc) is 1.67. The zero-order valence-corrected chi connectivity index (χ0v) is 5.22. The number of aliphatic hydroxyl groups is 1. The van der Waals surface area contributed by atoms with Crippen LogP contribution in [-0.4, -0.2) is 17.8 Å². The molecule has 0 amide bonds. The summed E-state index contributed by atoms with van der Waals surface area (Å²) in [4.78, 5) is 0. The van der Waals surface area contributed by atoms with Crippen LogP contribution in [0.5, 0.6) is 0 Å². The van der Waals surface area contributed by atoms with Crippen molar-refractivity contribution in [2.45, 2.75) is 19.4 Å². The second-order valence-electron chi connectivity index (χ2n) is 1.97. The van der Waals surface area contributed by atoms with E-state index in [9.17, 15) is 0 Å². The lowest BCUT2D eigenvalue weighted by Crippen LogP contribution is -2.21. The minimum absolute atomic E-state index is 0.0278. The lowest BCUT2D eigenvalue weighted by Gasteiger charge is -2.06. The monoisotopic (exact) mass is 115 g/mol. The van der Waals surface area contributed by atoms with Crippen molar-refractivity contribution < 1.29 is 5.11 Å². The van der Waals surface area contributed by atoms with Gasteiger partial charge in [-0.25, -0.2) is 0 Å². The maximum absolute atomic E-state index is 8.36. The molecule has 0 aliphatic rings. The second-order valence-corrected chi connectivity index (χ2v) is 1.97. The van der Waals surface area contributed by atoms with Gasteiger partial charge in [0.25, 0.3) is 0 Å². The minimum atomic E-state index is -0.0278. The van der Waals surface area contributed by atoms with Gasteiger partial charge in [-0.05, 0) is 13.3 Å². The molecule has 1 atom stereocenters. The molecule has 0 unspecified atom stereocenters. The fourth-order valence-corrected chi connectivity index (χ4v) is 0.385. The van der Waals surface area contributed by atoms with Crippen molar-refractivity contribution >= 4 is 0 Å². The van der Waals surface area contributed by atoms with Crippen LogP contribution in [0.4, 0.5) is 0 Å². The molecule has 48 valence electrons. The summed E-state index contributed by atoms with van der Waals surface area (Å²) >= 11 is 0. The van der Waals surface area contributed by atoms with E-state index in [-0.39, 0.29) is 12.6 Å². The van der Waals surface area contributed by atoms with E-state index < -0.39 is 0 Å². The largest absolute Gasteiger partial charge is 0.396 e. The zero-order chi connectivity index (χ0) is 6.57. The summed E-state index contributed by atoms with van der Waals surface area (Å²) in [5.74, 6) is 0. The van der Waals surface area contributed by atoms with Crippen molar-refractivity contribution in [2.75, 3.05) is 6.61 Å². The molecule has 0 aromatic carbocycles. The maximum atomic E-state index is 8.36. The van der Waals surface area contributed by atoms with Gasteiger partial charge in [0.05, 0.1) is 0 Å². The van der Waals surface area contributed by atoms with Crippen LogP contribution in [-0.2, 0) is 0 Å². The van der Waals surface area contributed by atoms with E-state index in [0.717, 1.165) is 5.57 Å². The van der Waals surface area contributed by atoms with E-state index in [1.807, 2.05) is 6.92 Å². The second kappa shape index (κ2) is 3.64. The molecular formula is C6H13NO. The summed E-state index contributed by atoms with van der Waals surface area (Å²) in [6.45, 7) is 5.65. The molecule has 0 spiro atoms. The van der Waals surface area contributed by atoms with E-state index >= 15 is 0 Å². The molecule has 0 aromatic heterocycles. The normalized spacial score (nSPS) is 13.4. The Morgan fingerprint density at radius 2 is 2.38 bits per heavy atom. The number of hydrogen-bond donors (Lipinski definition) is 2. The first-order valence-corrected chi connectivity index (χ1v) is 2.70. The average molecular weight is 115 g/mol. The Kier molecular flexibility index (Phi) is 3.48.